The lowest BCUT2D eigenvalue weighted by Gasteiger charge is -2.15. The molecule has 3 nitrogen and oxygen atoms in total. The van der Waals surface area contributed by atoms with Crippen LogP contribution in [0.25, 0.3) is 0 Å². The topological polar surface area (TPSA) is 54.4 Å². The van der Waals surface area contributed by atoms with Gasteiger partial charge in [-0.1, -0.05) is 51.0 Å². The highest BCUT2D eigenvalue weighted by Crippen LogP contribution is 2.21. The van der Waals surface area contributed by atoms with Crippen molar-refractivity contribution in [2.45, 2.75) is 58.8 Å². The SMILES string of the molecule is CCCCC(Cc1ccc(C(C)C(=O)O)cc1)C(=O)CC. The zero-order chi connectivity index (χ0) is 15.8. The summed E-state index contributed by atoms with van der Waals surface area (Å²) in [4.78, 5) is 23.0. The molecule has 2 atom stereocenters. The molecule has 116 valence electrons. The van der Waals surface area contributed by atoms with Crippen molar-refractivity contribution in [3.8, 4) is 0 Å². The van der Waals surface area contributed by atoms with E-state index in [2.05, 4.69) is 6.92 Å². The molecular weight excluding hydrogens is 264 g/mol. The fourth-order valence-electron chi connectivity index (χ4n) is 2.49. The number of benzene rings is 1. The van der Waals surface area contributed by atoms with Crippen LogP contribution < -0.4 is 0 Å². The molecule has 0 aliphatic carbocycles. The van der Waals surface area contributed by atoms with Crippen LogP contribution in [0.3, 0.4) is 0 Å². The number of aliphatic carboxylic acids is 1. The van der Waals surface area contributed by atoms with Crippen LogP contribution in [0.1, 0.15) is 63.5 Å². The summed E-state index contributed by atoms with van der Waals surface area (Å²) in [7, 11) is 0. The fourth-order valence-corrected chi connectivity index (χ4v) is 2.49. The molecule has 0 amide bonds. The molecule has 0 fully saturated rings. The fraction of sp³-hybridized carbons (Fsp3) is 0.556. The van der Waals surface area contributed by atoms with Crippen molar-refractivity contribution in [1.82, 2.24) is 0 Å². The number of carboxylic acids is 1. The van der Waals surface area contributed by atoms with Gasteiger partial charge in [0.05, 0.1) is 5.92 Å². The minimum atomic E-state index is -0.815. The molecule has 0 spiro atoms. The van der Waals surface area contributed by atoms with Crippen LogP contribution in [0, 0.1) is 5.92 Å². The first kappa shape index (κ1) is 17.4. The Labute approximate surface area is 127 Å². The number of unbranched alkanes of at least 4 members (excludes halogenated alkanes) is 1. The van der Waals surface area contributed by atoms with Gasteiger partial charge in [-0.3, -0.25) is 9.59 Å². The van der Waals surface area contributed by atoms with Gasteiger partial charge in [0.1, 0.15) is 5.78 Å². The Morgan fingerprint density at radius 2 is 1.76 bits per heavy atom. The highest BCUT2D eigenvalue weighted by Gasteiger charge is 2.17. The lowest BCUT2D eigenvalue weighted by Crippen LogP contribution is -2.16. The Hall–Kier alpha value is -1.64. The Morgan fingerprint density at radius 1 is 1.14 bits per heavy atom. The number of Topliss-reactive ketones (excluding diaryl/α,β-unsaturated/α-hetero) is 1. The van der Waals surface area contributed by atoms with Crippen LogP contribution >= 0.6 is 0 Å². The molecule has 0 saturated carbocycles. The number of hydrogen-bond donors (Lipinski definition) is 1. The van der Waals surface area contributed by atoms with E-state index >= 15 is 0 Å². The van der Waals surface area contributed by atoms with Gasteiger partial charge in [0, 0.05) is 12.3 Å². The molecule has 1 N–H and O–H groups in total. The van der Waals surface area contributed by atoms with E-state index in [1.807, 2.05) is 31.2 Å². The summed E-state index contributed by atoms with van der Waals surface area (Å²) in [6.45, 7) is 5.73. The monoisotopic (exact) mass is 290 g/mol. The molecule has 1 aromatic carbocycles. The Kier molecular flexibility index (Phi) is 7.13. The molecule has 0 aliphatic heterocycles. The maximum Gasteiger partial charge on any atom is 0.310 e. The van der Waals surface area contributed by atoms with Crippen LogP contribution in [0.4, 0.5) is 0 Å². The summed E-state index contributed by atoms with van der Waals surface area (Å²) in [5.41, 5.74) is 1.91. The molecule has 21 heavy (non-hydrogen) atoms. The molecule has 0 aromatic heterocycles. The highest BCUT2D eigenvalue weighted by molar-refractivity contribution is 5.81. The zero-order valence-electron chi connectivity index (χ0n) is 13.3. The number of hydrogen-bond acceptors (Lipinski definition) is 2. The normalized spacial score (nSPS) is 13.7. The van der Waals surface area contributed by atoms with Crippen molar-refractivity contribution in [2.24, 2.45) is 5.92 Å². The Morgan fingerprint density at radius 3 is 2.24 bits per heavy atom. The second-order valence-corrected chi connectivity index (χ2v) is 5.66. The Bertz CT molecular complexity index is 462. The molecular formula is C18H26O3. The van der Waals surface area contributed by atoms with Crippen molar-refractivity contribution in [3.63, 3.8) is 0 Å². The van der Waals surface area contributed by atoms with Gasteiger partial charge in [-0.25, -0.2) is 0 Å². The number of rotatable bonds is 9. The van der Waals surface area contributed by atoms with Crippen molar-refractivity contribution < 1.29 is 14.7 Å². The molecule has 0 aliphatic rings. The maximum atomic E-state index is 12.0. The van der Waals surface area contributed by atoms with Crippen LogP contribution in [0.5, 0.6) is 0 Å². The molecule has 0 radical (unpaired) electrons. The summed E-state index contributed by atoms with van der Waals surface area (Å²) >= 11 is 0. The van der Waals surface area contributed by atoms with E-state index in [1.165, 1.54) is 0 Å². The number of carboxylic acid groups (broad SMARTS) is 1. The maximum absolute atomic E-state index is 12.0. The van der Waals surface area contributed by atoms with Crippen molar-refractivity contribution in [2.75, 3.05) is 0 Å². The predicted molar refractivity (Wildman–Crippen MR) is 84.5 cm³/mol. The largest absolute Gasteiger partial charge is 0.481 e. The smallest absolute Gasteiger partial charge is 0.310 e. The summed E-state index contributed by atoms with van der Waals surface area (Å²) < 4.78 is 0. The average molecular weight is 290 g/mol. The van der Waals surface area contributed by atoms with Gasteiger partial charge in [0.2, 0.25) is 0 Å². The number of carbonyl (C=O) groups excluding carboxylic acids is 1. The highest BCUT2D eigenvalue weighted by atomic mass is 16.4. The van der Waals surface area contributed by atoms with E-state index in [0.29, 0.717) is 12.2 Å². The first-order valence-corrected chi connectivity index (χ1v) is 7.83. The second kappa shape index (κ2) is 8.60. The minimum absolute atomic E-state index is 0.0951. The number of ketones is 1. The standard InChI is InChI=1S/C18H26O3/c1-4-6-7-16(17(19)5-2)12-14-8-10-15(11-9-14)13(3)18(20)21/h8-11,13,16H,4-7,12H2,1-3H3,(H,20,21). The number of carbonyl (C=O) groups is 2. The average Bonchev–Trinajstić information content (AvgIpc) is 2.50. The van der Waals surface area contributed by atoms with Gasteiger partial charge in [0.25, 0.3) is 0 Å². The molecule has 2 unspecified atom stereocenters. The van der Waals surface area contributed by atoms with E-state index in [-0.39, 0.29) is 5.92 Å². The first-order valence-electron chi connectivity index (χ1n) is 7.83. The van der Waals surface area contributed by atoms with Crippen LogP contribution in [0.15, 0.2) is 24.3 Å². The Balaban J connectivity index is 2.75. The second-order valence-electron chi connectivity index (χ2n) is 5.66. The predicted octanol–water partition coefficient (Wildman–Crippen LogP) is 4.20. The summed E-state index contributed by atoms with van der Waals surface area (Å²) in [6.07, 6.45) is 4.46. The quantitative estimate of drug-likeness (QED) is 0.741. The third kappa shape index (κ3) is 5.33. The summed E-state index contributed by atoms with van der Waals surface area (Å²) in [5.74, 6) is -0.888. The molecule has 0 heterocycles. The van der Waals surface area contributed by atoms with Crippen LogP contribution in [0.2, 0.25) is 0 Å². The van der Waals surface area contributed by atoms with Crippen LogP contribution in [-0.2, 0) is 16.0 Å². The van der Waals surface area contributed by atoms with E-state index in [4.69, 9.17) is 5.11 Å². The minimum Gasteiger partial charge on any atom is -0.481 e. The van der Waals surface area contributed by atoms with E-state index in [9.17, 15) is 9.59 Å². The third-order valence-corrected chi connectivity index (χ3v) is 4.04. The summed E-state index contributed by atoms with van der Waals surface area (Å²) in [6, 6.07) is 7.64. The van der Waals surface area contributed by atoms with E-state index < -0.39 is 11.9 Å². The molecule has 1 rings (SSSR count). The summed E-state index contributed by atoms with van der Waals surface area (Å²) in [5, 5.41) is 9.01. The van der Waals surface area contributed by atoms with Crippen molar-refractivity contribution >= 4 is 11.8 Å². The van der Waals surface area contributed by atoms with E-state index in [0.717, 1.165) is 36.8 Å². The van der Waals surface area contributed by atoms with Gasteiger partial charge in [-0.2, -0.15) is 0 Å². The van der Waals surface area contributed by atoms with Crippen molar-refractivity contribution in [1.29, 1.82) is 0 Å². The zero-order valence-corrected chi connectivity index (χ0v) is 13.3. The molecule has 3 heteroatoms. The first-order chi connectivity index (χ1) is 9.99. The van der Waals surface area contributed by atoms with E-state index in [1.54, 1.807) is 6.92 Å². The van der Waals surface area contributed by atoms with Crippen LogP contribution in [-0.4, -0.2) is 16.9 Å². The molecule has 1 aromatic rings. The van der Waals surface area contributed by atoms with Gasteiger partial charge < -0.3 is 5.11 Å². The van der Waals surface area contributed by atoms with Gasteiger partial charge in [-0.05, 0) is 30.9 Å². The lowest BCUT2D eigenvalue weighted by molar-refractivity contribution is -0.138. The van der Waals surface area contributed by atoms with Gasteiger partial charge in [0.15, 0.2) is 0 Å². The molecule has 0 bridgehead atoms. The lowest BCUT2D eigenvalue weighted by atomic mass is 9.88. The third-order valence-electron chi connectivity index (χ3n) is 4.04. The van der Waals surface area contributed by atoms with Gasteiger partial charge >= 0.3 is 5.97 Å². The molecule has 0 saturated heterocycles. The van der Waals surface area contributed by atoms with Crippen molar-refractivity contribution in [3.05, 3.63) is 35.4 Å². The van der Waals surface area contributed by atoms with Gasteiger partial charge in [-0.15, -0.1) is 0 Å².